The average molecular weight is 237 g/mol. The van der Waals surface area contributed by atoms with Crippen LogP contribution in [0, 0.1) is 0 Å². The number of hydrogen-bond donors (Lipinski definition) is 1. The zero-order chi connectivity index (χ0) is 12.5. The Labute approximate surface area is 87.9 Å². The number of anilines is 1. The second-order valence-electron chi connectivity index (χ2n) is 3.16. The van der Waals surface area contributed by atoms with Crippen molar-refractivity contribution in [2.24, 2.45) is 0 Å². The van der Waals surface area contributed by atoms with E-state index in [4.69, 9.17) is 5.73 Å². The van der Waals surface area contributed by atoms with E-state index in [-0.39, 0.29) is 16.8 Å². The van der Waals surface area contributed by atoms with Crippen LogP contribution in [0.1, 0.15) is 6.92 Å². The molecule has 16 heavy (non-hydrogen) atoms. The van der Waals surface area contributed by atoms with E-state index in [1.807, 2.05) is 0 Å². The minimum Gasteiger partial charge on any atom is -0.393 e. The van der Waals surface area contributed by atoms with E-state index in [1.54, 1.807) is 6.92 Å². The molecular formula is C8H10F3N3O2. The Morgan fingerprint density at radius 1 is 1.38 bits per heavy atom. The summed E-state index contributed by atoms with van der Waals surface area (Å²) < 4.78 is 37.4. The molecule has 0 radical (unpaired) electrons. The molecule has 90 valence electrons. The molecule has 0 atom stereocenters. The van der Waals surface area contributed by atoms with Gasteiger partial charge >= 0.3 is 11.9 Å². The Kier molecular flexibility index (Phi) is 3.11. The highest BCUT2D eigenvalue weighted by Gasteiger charge is 2.30. The molecule has 5 nitrogen and oxygen atoms in total. The number of aromatic nitrogens is 2. The summed E-state index contributed by atoms with van der Waals surface area (Å²) in [5, 5.41) is 0. The van der Waals surface area contributed by atoms with Crippen LogP contribution in [0.5, 0.6) is 0 Å². The maximum Gasteiger partial charge on any atom is 0.406 e. The van der Waals surface area contributed by atoms with Gasteiger partial charge in [0.05, 0.1) is 0 Å². The van der Waals surface area contributed by atoms with Crippen molar-refractivity contribution in [3.8, 4) is 0 Å². The standard InChI is InChI=1S/C8H10F3N3O2/c1-2-13-3-5(12)6(15)14(7(13)16)4-8(9,10)11/h3H,2,4,12H2,1H3. The lowest BCUT2D eigenvalue weighted by molar-refractivity contribution is -0.142. The predicted molar refractivity (Wildman–Crippen MR) is 51.1 cm³/mol. The first kappa shape index (κ1) is 12.3. The molecule has 1 heterocycles. The number of hydrogen-bond acceptors (Lipinski definition) is 3. The maximum atomic E-state index is 12.1. The average Bonchev–Trinajstić information content (AvgIpc) is 2.17. The van der Waals surface area contributed by atoms with Gasteiger partial charge in [-0.25, -0.2) is 9.36 Å². The maximum absolute atomic E-state index is 12.1. The molecule has 0 saturated heterocycles. The Morgan fingerprint density at radius 3 is 2.38 bits per heavy atom. The van der Waals surface area contributed by atoms with Crippen LogP contribution in [-0.4, -0.2) is 15.3 Å². The SMILES string of the molecule is CCn1cc(N)c(=O)n(CC(F)(F)F)c1=O. The van der Waals surface area contributed by atoms with E-state index in [9.17, 15) is 22.8 Å². The molecule has 1 aromatic rings. The summed E-state index contributed by atoms with van der Waals surface area (Å²) in [6.07, 6.45) is -3.60. The summed E-state index contributed by atoms with van der Waals surface area (Å²) in [5.41, 5.74) is 2.71. The normalized spacial score (nSPS) is 11.8. The second-order valence-corrected chi connectivity index (χ2v) is 3.16. The lowest BCUT2D eigenvalue weighted by Gasteiger charge is -2.11. The molecule has 2 N–H and O–H groups in total. The highest BCUT2D eigenvalue weighted by Crippen LogP contribution is 2.15. The van der Waals surface area contributed by atoms with Crippen molar-refractivity contribution in [3.63, 3.8) is 0 Å². The number of aryl methyl sites for hydroxylation is 1. The van der Waals surface area contributed by atoms with E-state index in [0.29, 0.717) is 0 Å². The molecule has 1 rings (SSSR count). The summed E-state index contributed by atoms with van der Waals surface area (Å²) >= 11 is 0. The topological polar surface area (TPSA) is 70.0 Å². The molecule has 0 amide bonds. The van der Waals surface area contributed by atoms with Gasteiger partial charge in [0.15, 0.2) is 0 Å². The Bertz CT molecular complexity index is 501. The van der Waals surface area contributed by atoms with Gasteiger partial charge in [-0.05, 0) is 6.92 Å². The Hall–Kier alpha value is -1.73. The fraction of sp³-hybridized carbons (Fsp3) is 0.500. The van der Waals surface area contributed by atoms with Crippen LogP contribution in [0.25, 0.3) is 0 Å². The van der Waals surface area contributed by atoms with Crippen molar-refractivity contribution >= 4 is 5.69 Å². The second kappa shape index (κ2) is 4.03. The van der Waals surface area contributed by atoms with Gasteiger partial charge in [0.25, 0.3) is 5.56 Å². The minimum absolute atomic E-state index is 0.0822. The molecule has 0 saturated carbocycles. The highest BCUT2D eigenvalue weighted by molar-refractivity contribution is 5.30. The highest BCUT2D eigenvalue weighted by atomic mass is 19.4. The van der Waals surface area contributed by atoms with E-state index in [0.717, 1.165) is 10.8 Å². The smallest absolute Gasteiger partial charge is 0.393 e. The number of rotatable bonds is 2. The lowest BCUT2D eigenvalue weighted by atomic mass is 10.5. The zero-order valence-corrected chi connectivity index (χ0v) is 8.41. The van der Waals surface area contributed by atoms with Crippen molar-refractivity contribution in [2.75, 3.05) is 5.73 Å². The minimum atomic E-state index is -4.64. The summed E-state index contributed by atoms with van der Waals surface area (Å²) in [6.45, 7) is 0.0696. The van der Waals surface area contributed by atoms with Crippen LogP contribution in [0.3, 0.4) is 0 Å². The van der Waals surface area contributed by atoms with Gasteiger partial charge < -0.3 is 5.73 Å². The molecule has 0 aliphatic rings. The van der Waals surface area contributed by atoms with Gasteiger partial charge in [-0.15, -0.1) is 0 Å². The molecule has 0 aliphatic carbocycles. The quantitative estimate of drug-likeness (QED) is 0.797. The molecule has 0 aromatic carbocycles. The summed E-state index contributed by atoms with van der Waals surface area (Å²) in [4.78, 5) is 22.7. The van der Waals surface area contributed by atoms with Gasteiger partial charge in [0.2, 0.25) is 0 Å². The van der Waals surface area contributed by atoms with Crippen molar-refractivity contribution in [2.45, 2.75) is 26.2 Å². The summed E-state index contributed by atoms with van der Waals surface area (Å²) in [5.74, 6) is 0. The van der Waals surface area contributed by atoms with Gasteiger partial charge in [-0.1, -0.05) is 0 Å². The molecule has 0 bridgehead atoms. The number of nitrogen functional groups attached to an aromatic ring is 1. The molecule has 0 fully saturated rings. The predicted octanol–water partition coefficient (Wildman–Crippen LogP) is 0.174. The summed E-state index contributed by atoms with van der Waals surface area (Å²) in [7, 11) is 0. The summed E-state index contributed by atoms with van der Waals surface area (Å²) in [6, 6.07) is 0. The molecule has 0 unspecified atom stereocenters. The Balaban J connectivity index is 3.43. The van der Waals surface area contributed by atoms with Crippen molar-refractivity contribution in [1.29, 1.82) is 0 Å². The largest absolute Gasteiger partial charge is 0.406 e. The van der Waals surface area contributed by atoms with Crippen LogP contribution in [0.15, 0.2) is 15.8 Å². The Morgan fingerprint density at radius 2 is 1.94 bits per heavy atom. The molecule has 8 heteroatoms. The van der Waals surface area contributed by atoms with E-state index in [2.05, 4.69) is 0 Å². The van der Waals surface area contributed by atoms with Crippen LogP contribution < -0.4 is 17.0 Å². The number of halogens is 3. The van der Waals surface area contributed by atoms with E-state index in [1.165, 1.54) is 0 Å². The van der Waals surface area contributed by atoms with Crippen molar-refractivity contribution < 1.29 is 13.2 Å². The third-order valence-corrected chi connectivity index (χ3v) is 1.94. The van der Waals surface area contributed by atoms with E-state index < -0.39 is 24.0 Å². The first-order chi connectivity index (χ1) is 7.26. The first-order valence-corrected chi connectivity index (χ1v) is 4.42. The molecular weight excluding hydrogens is 227 g/mol. The van der Waals surface area contributed by atoms with Crippen LogP contribution in [0.2, 0.25) is 0 Å². The number of nitrogens with two attached hydrogens (primary N) is 1. The number of alkyl halides is 3. The van der Waals surface area contributed by atoms with Gasteiger partial charge in [0.1, 0.15) is 12.2 Å². The fourth-order valence-corrected chi connectivity index (χ4v) is 1.22. The van der Waals surface area contributed by atoms with Gasteiger partial charge in [-0.3, -0.25) is 9.36 Å². The third-order valence-electron chi connectivity index (χ3n) is 1.94. The molecule has 0 spiro atoms. The van der Waals surface area contributed by atoms with Crippen LogP contribution in [0.4, 0.5) is 18.9 Å². The first-order valence-electron chi connectivity index (χ1n) is 4.42. The number of nitrogens with zero attached hydrogens (tertiary/aromatic N) is 2. The van der Waals surface area contributed by atoms with Gasteiger partial charge in [-0.2, -0.15) is 13.2 Å². The van der Waals surface area contributed by atoms with Gasteiger partial charge in [0, 0.05) is 12.7 Å². The molecule has 1 aromatic heterocycles. The van der Waals surface area contributed by atoms with Crippen LogP contribution >= 0.6 is 0 Å². The van der Waals surface area contributed by atoms with Crippen molar-refractivity contribution in [1.82, 2.24) is 9.13 Å². The zero-order valence-electron chi connectivity index (χ0n) is 8.41. The molecule has 0 aliphatic heterocycles. The van der Waals surface area contributed by atoms with Crippen LogP contribution in [-0.2, 0) is 13.1 Å². The monoisotopic (exact) mass is 237 g/mol. The fourth-order valence-electron chi connectivity index (χ4n) is 1.22. The third kappa shape index (κ3) is 2.44. The van der Waals surface area contributed by atoms with Crippen molar-refractivity contribution in [3.05, 3.63) is 27.0 Å². The van der Waals surface area contributed by atoms with E-state index >= 15 is 0 Å². The lowest BCUT2D eigenvalue weighted by Crippen LogP contribution is -2.43.